The summed E-state index contributed by atoms with van der Waals surface area (Å²) < 4.78 is 5.86. The van der Waals surface area contributed by atoms with Gasteiger partial charge in [-0.15, -0.1) is 11.8 Å². The molecule has 1 fully saturated rings. The molecule has 0 spiro atoms. The number of thioether (sulfide) groups is 1. The van der Waals surface area contributed by atoms with E-state index in [4.69, 9.17) is 4.42 Å². The van der Waals surface area contributed by atoms with Crippen LogP contribution >= 0.6 is 11.8 Å². The van der Waals surface area contributed by atoms with Crippen LogP contribution in [0.3, 0.4) is 0 Å². The highest BCUT2D eigenvalue weighted by atomic mass is 32.2. The molecule has 2 N–H and O–H groups in total. The fraction of sp³-hybridized carbons (Fsp3) is 0.269. The van der Waals surface area contributed by atoms with Crippen LogP contribution < -0.4 is 5.32 Å². The highest BCUT2D eigenvalue weighted by Crippen LogP contribution is 2.39. The Kier molecular flexibility index (Phi) is 6.05. The smallest absolute Gasteiger partial charge is 0.336 e. The molecule has 0 amide bonds. The Hall–Kier alpha value is -3.32. The molecule has 0 atom stereocenters. The van der Waals surface area contributed by atoms with Crippen molar-refractivity contribution in [3.8, 4) is 11.3 Å². The van der Waals surface area contributed by atoms with E-state index in [-0.39, 0.29) is 0 Å². The number of aromatic nitrogens is 2. The lowest BCUT2D eigenvalue weighted by molar-refractivity contribution is 0.0693. The Labute approximate surface area is 196 Å². The van der Waals surface area contributed by atoms with Crippen LogP contribution in [-0.2, 0) is 6.42 Å². The van der Waals surface area contributed by atoms with E-state index in [2.05, 4.69) is 21.4 Å². The molecule has 2 aromatic heterocycles. The van der Waals surface area contributed by atoms with E-state index in [9.17, 15) is 9.90 Å². The molecule has 6 nitrogen and oxygen atoms in total. The number of hydrogen-bond acceptors (Lipinski definition) is 6. The molecule has 5 rings (SSSR count). The van der Waals surface area contributed by atoms with Crippen LogP contribution in [0, 0.1) is 6.92 Å². The predicted molar refractivity (Wildman–Crippen MR) is 131 cm³/mol. The molecule has 0 unspecified atom stereocenters. The summed E-state index contributed by atoms with van der Waals surface area (Å²) in [5, 5.41) is 14.6. The summed E-state index contributed by atoms with van der Waals surface area (Å²) in [5.74, 6) is 0.785. The standard InChI is InChI=1S/C26H25N3O3S/c1-16-19(20-7-2-3-8-23(20)32-16)11-12-27-25-14-22(28-15-29-25)17-9-10-21(26(30)31)24(13-17)33-18-5-4-6-18/h2-3,7-10,13-15,18H,4-6,11-12H2,1H3,(H,30,31)(H,27,28,29). The lowest BCUT2D eigenvalue weighted by Gasteiger charge is -2.25. The minimum atomic E-state index is -0.893. The van der Waals surface area contributed by atoms with Gasteiger partial charge in [0.2, 0.25) is 0 Å². The monoisotopic (exact) mass is 459 g/mol. The normalized spacial score (nSPS) is 13.7. The molecule has 7 heteroatoms. The van der Waals surface area contributed by atoms with E-state index in [1.54, 1.807) is 24.2 Å². The van der Waals surface area contributed by atoms with Gasteiger partial charge in [-0.1, -0.05) is 30.7 Å². The Bertz CT molecular complexity index is 1310. The quantitative estimate of drug-likeness (QED) is 0.324. The van der Waals surface area contributed by atoms with Crippen LogP contribution in [-0.4, -0.2) is 32.8 Å². The number of carboxylic acids is 1. The molecule has 0 aliphatic heterocycles. The second-order valence-corrected chi connectivity index (χ2v) is 9.63. The van der Waals surface area contributed by atoms with E-state index >= 15 is 0 Å². The summed E-state index contributed by atoms with van der Waals surface area (Å²) in [4.78, 5) is 21.3. The number of nitrogens with zero attached hydrogens (tertiary/aromatic N) is 2. The van der Waals surface area contributed by atoms with E-state index in [0.717, 1.165) is 58.0 Å². The van der Waals surface area contributed by atoms with Gasteiger partial charge in [0.05, 0.1) is 11.3 Å². The van der Waals surface area contributed by atoms with E-state index < -0.39 is 5.97 Å². The number of nitrogens with one attached hydrogen (secondary N) is 1. The van der Waals surface area contributed by atoms with Crippen molar-refractivity contribution in [2.24, 2.45) is 0 Å². The minimum Gasteiger partial charge on any atom is -0.478 e. The average Bonchev–Trinajstić information content (AvgIpc) is 3.11. The number of aryl methyl sites for hydroxylation is 1. The summed E-state index contributed by atoms with van der Waals surface area (Å²) in [5.41, 5.74) is 4.13. The SMILES string of the molecule is Cc1oc2ccccc2c1CCNc1cc(-c2ccc(C(=O)O)c(SC3CCC3)c2)ncn1. The van der Waals surface area contributed by atoms with E-state index in [1.807, 2.05) is 43.3 Å². The number of hydrogen-bond donors (Lipinski definition) is 2. The first-order valence-electron chi connectivity index (χ1n) is 11.2. The Balaban J connectivity index is 1.32. The third-order valence-corrected chi connectivity index (χ3v) is 7.50. The molecule has 2 heterocycles. The fourth-order valence-corrected chi connectivity index (χ4v) is 5.49. The summed E-state index contributed by atoms with van der Waals surface area (Å²) >= 11 is 1.66. The first-order valence-corrected chi connectivity index (χ1v) is 12.0. The number of anilines is 1. The zero-order valence-electron chi connectivity index (χ0n) is 18.4. The Morgan fingerprint density at radius 3 is 2.82 bits per heavy atom. The number of rotatable bonds is 8. The highest BCUT2D eigenvalue weighted by Gasteiger charge is 2.22. The first-order chi connectivity index (χ1) is 16.1. The molecular formula is C26H25N3O3S. The number of carbonyl (C=O) groups is 1. The first kappa shape index (κ1) is 21.5. The summed E-state index contributed by atoms with van der Waals surface area (Å²) in [7, 11) is 0. The molecule has 1 saturated carbocycles. The van der Waals surface area contributed by atoms with Crippen LogP contribution in [0.2, 0.25) is 0 Å². The number of aromatic carboxylic acids is 1. The van der Waals surface area contributed by atoms with Gasteiger partial charge < -0.3 is 14.8 Å². The van der Waals surface area contributed by atoms with Crippen LogP contribution in [0.1, 0.15) is 40.9 Å². The topological polar surface area (TPSA) is 88.2 Å². The Morgan fingerprint density at radius 2 is 2.03 bits per heavy atom. The van der Waals surface area contributed by atoms with Gasteiger partial charge in [-0.2, -0.15) is 0 Å². The number of fused-ring (bicyclic) bond motifs is 1. The predicted octanol–water partition coefficient (Wildman–Crippen LogP) is 6.20. The van der Waals surface area contributed by atoms with Gasteiger partial charge in [-0.25, -0.2) is 14.8 Å². The highest BCUT2D eigenvalue weighted by molar-refractivity contribution is 8.00. The van der Waals surface area contributed by atoms with Crippen molar-refractivity contribution in [1.82, 2.24) is 9.97 Å². The third kappa shape index (κ3) is 4.59. The zero-order chi connectivity index (χ0) is 22.8. The summed E-state index contributed by atoms with van der Waals surface area (Å²) in [6.45, 7) is 2.71. The zero-order valence-corrected chi connectivity index (χ0v) is 19.2. The van der Waals surface area contributed by atoms with Crippen molar-refractivity contribution in [3.05, 3.63) is 71.7 Å². The third-order valence-electron chi connectivity index (χ3n) is 6.10. The van der Waals surface area contributed by atoms with Crippen molar-refractivity contribution in [1.29, 1.82) is 0 Å². The molecule has 0 saturated heterocycles. The fourth-order valence-electron chi connectivity index (χ4n) is 4.08. The van der Waals surface area contributed by atoms with Gasteiger partial charge in [-0.3, -0.25) is 0 Å². The van der Waals surface area contributed by atoms with Crippen molar-refractivity contribution in [3.63, 3.8) is 0 Å². The van der Waals surface area contributed by atoms with E-state index in [1.165, 1.54) is 12.0 Å². The van der Waals surface area contributed by atoms with Gasteiger partial charge >= 0.3 is 5.97 Å². The second-order valence-electron chi connectivity index (χ2n) is 8.29. The average molecular weight is 460 g/mol. The molecule has 4 aromatic rings. The largest absolute Gasteiger partial charge is 0.478 e. The molecule has 33 heavy (non-hydrogen) atoms. The number of furan rings is 1. The van der Waals surface area contributed by atoms with Crippen molar-refractivity contribution in [2.45, 2.75) is 42.8 Å². The molecule has 1 aliphatic rings. The molecule has 2 aromatic carbocycles. The molecular weight excluding hydrogens is 434 g/mol. The molecule has 0 bridgehead atoms. The van der Waals surface area contributed by atoms with Gasteiger partial charge in [0.1, 0.15) is 23.5 Å². The van der Waals surface area contributed by atoms with Gasteiger partial charge in [0.15, 0.2) is 0 Å². The van der Waals surface area contributed by atoms with Gasteiger partial charge in [0, 0.05) is 39.3 Å². The number of carboxylic acid groups (broad SMARTS) is 1. The lowest BCUT2D eigenvalue weighted by atomic mass is 10.00. The summed E-state index contributed by atoms with van der Waals surface area (Å²) in [6.07, 6.45) is 5.86. The molecule has 168 valence electrons. The van der Waals surface area contributed by atoms with Crippen molar-refractivity contribution >= 4 is 34.5 Å². The maximum absolute atomic E-state index is 11.7. The van der Waals surface area contributed by atoms with Crippen molar-refractivity contribution in [2.75, 3.05) is 11.9 Å². The van der Waals surface area contributed by atoms with Crippen molar-refractivity contribution < 1.29 is 14.3 Å². The van der Waals surface area contributed by atoms with Crippen LogP contribution in [0.15, 0.2) is 64.2 Å². The lowest BCUT2D eigenvalue weighted by Crippen LogP contribution is -2.13. The van der Waals surface area contributed by atoms with Crippen LogP contribution in [0.25, 0.3) is 22.2 Å². The Morgan fingerprint density at radius 1 is 1.18 bits per heavy atom. The minimum absolute atomic E-state index is 0.353. The maximum Gasteiger partial charge on any atom is 0.336 e. The second kappa shape index (κ2) is 9.27. The van der Waals surface area contributed by atoms with E-state index in [0.29, 0.717) is 17.4 Å². The van der Waals surface area contributed by atoms with Crippen LogP contribution in [0.5, 0.6) is 0 Å². The van der Waals surface area contributed by atoms with Gasteiger partial charge in [0.25, 0.3) is 0 Å². The number of benzene rings is 2. The van der Waals surface area contributed by atoms with Gasteiger partial charge in [-0.05, 0) is 44.4 Å². The van der Waals surface area contributed by atoms with Crippen LogP contribution in [0.4, 0.5) is 5.82 Å². The summed E-state index contributed by atoms with van der Waals surface area (Å²) in [6, 6.07) is 15.4. The molecule has 1 aliphatic carbocycles. The maximum atomic E-state index is 11.7. The number of para-hydroxylation sites is 1. The molecule has 0 radical (unpaired) electrons.